The second-order valence-corrected chi connectivity index (χ2v) is 11.4. The van der Waals surface area contributed by atoms with Crippen LogP contribution in [0.15, 0.2) is 65.3 Å². The highest BCUT2D eigenvalue weighted by atomic mass is 32.1. The summed E-state index contributed by atoms with van der Waals surface area (Å²) in [6.45, 7) is 4.96. The molecule has 2 amide bonds. The second-order valence-electron chi connectivity index (χ2n) is 10.3. The van der Waals surface area contributed by atoms with Crippen molar-refractivity contribution >= 4 is 45.0 Å². The Balaban J connectivity index is 1.28. The number of rotatable bonds is 6. The number of esters is 1. The molecule has 212 valence electrons. The first-order valence-corrected chi connectivity index (χ1v) is 14.9. The van der Waals surface area contributed by atoms with Gasteiger partial charge in [0.25, 0.3) is 11.8 Å². The van der Waals surface area contributed by atoms with E-state index < -0.39 is 0 Å². The Kier molecular flexibility index (Phi) is 7.74. The van der Waals surface area contributed by atoms with E-state index in [1.807, 2.05) is 31.2 Å². The third kappa shape index (κ3) is 5.56. The minimum Gasteiger partial charge on any atom is -0.466 e. The van der Waals surface area contributed by atoms with Gasteiger partial charge < -0.3 is 23.9 Å². The summed E-state index contributed by atoms with van der Waals surface area (Å²) in [5.74, 6) is 0.122. The van der Waals surface area contributed by atoms with Gasteiger partial charge in [0.1, 0.15) is 5.82 Å². The van der Waals surface area contributed by atoms with Gasteiger partial charge in [0, 0.05) is 44.0 Å². The molecule has 0 radical (unpaired) electrons. The van der Waals surface area contributed by atoms with E-state index in [0.29, 0.717) is 63.0 Å². The summed E-state index contributed by atoms with van der Waals surface area (Å²) in [6.07, 6.45) is 3.04. The molecular weight excluding hydrogens is 540 g/mol. The van der Waals surface area contributed by atoms with Crippen LogP contribution < -0.4 is 4.90 Å². The number of pyridine rings is 1. The molecule has 5 heterocycles. The van der Waals surface area contributed by atoms with Gasteiger partial charge in [-0.2, -0.15) is 0 Å². The first-order valence-electron chi connectivity index (χ1n) is 14.1. The van der Waals surface area contributed by atoms with Gasteiger partial charge in [-0.25, -0.2) is 4.98 Å². The molecule has 0 spiro atoms. The predicted octanol–water partition coefficient (Wildman–Crippen LogP) is 4.93. The Morgan fingerprint density at radius 2 is 1.76 bits per heavy atom. The fourth-order valence-electron chi connectivity index (χ4n) is 5.56. The summed E-state index contributed by atoms with van der Waals surface area (Å²) >= 11 is 1.67. The number of amides is 2. The number of carbonyl (C=O) groups is 3. The van der Waals surface area contributed by atoms with Crippen molar-refractivity contribution in [3.05, 3.63) is 72.2 Å². The molecule has 2 aliphatic rings. The molecule has 10 heteroatoms. The van der Waals surface area contributed by atoms with Gasteiger partial charge in [0.15, 0.2) is 5.76 Å². The number of benzene rings is 1. The number of thiophene rings is 1. The van der Waals surface area contributed by atoms with Crippen molar-refractivity contribution in [3.63, 3.8) is 0 Å². The van der Waals surface area contributed by atoms with Crippen molar-refractivity contribution in [1.29, 1.82) is 0 Å². The quantitative estimate of drug-likeness (QED) is 0.302. The van der Waals surface area contributed by atoms with Crippen LogP contribution in [0, 0.1) is 5.92 Å². The number of piperidine rings is 1. The molecule has 2 aliphatic heterocycles. The Bertz CT molecular complexity index is 1520. The zero-order valence-electron chi connectivity index (χ0n) is 23.0. The first-order chi connectivity index (χ1) is 20.0. The van der Waals surface area contributed by atoms with Crippen LogP contribution in [-0.2, 0) is 9.53 Å². The Morgan fingerprint density at radius 3 is 2.49 bits per heavy atom. The first kappa shape index (κ1) is 27.0. The number of carbonyl (C=O) groups excluding carboxylic acids is 3. The molecule has 0 N–H and O–H groups in total. The molecule has 1 atom stereocenters. The average Bonchev–Trinajstić information content (AvgIpc) is 3.71. The summed E-state index contributed by atoms with van der Waals surface area (Å²) in [7, 11) is 0. The van der Waals surface area contributed by atoms with Crippen LogP contribution in [-0.4, -0.2) is 78.4 Å². The highest BCUT2D eigenvalue weighted by molar-refractivity contribution is 7.22. The number of ether oxygens (including phenoxy) is 1. The third-order valence-corrected chi connectivity index (χ3v) is 8.85. The molecule has 2 saturated heterocycles. The largest absolute Gasteiger partial charge is 0.466 e. The third-order valence-electron chi connectivity index (χ3n) is 7.71. The molecule has 3 aromatic heterocycles. The van der Waals surface area contributed by atoms with Crippen LogP contribution in [0.1, 0.15) is 40.7 Å². The summed E-state index contributed by atoms with van der Waals surface area (Å²) < 4.78 is 11.8. The van der Waals surface area contributed by atoms with Crippen LogP contribution in [0.5, 0.6) is 0 Å². The number of piperazine rings is 1. The number of nitrogens with zero attached hydrogens (tertiary/aromatic N) is 4. The number of furan rings is 1. The molecule has 4 aromatic rings. The van der Waals surface area contributed by atoms with Crippen molar-refractivity contribution < 1.29 is 23.5 Å². The van der Waals surface area contributed by atoms with Gasteiger partial charge in [0.05, 0.1) is 34.9 Å². The van der Waals surface area contributed by atoms with Gasteiger partial charge in [-0.15, -0.1) is 11.3 Å². The maximum absolute atomic E-state index is 13.9. The predicted molar refractivity (Wildman–Crippen MR) is 157 cm³/mol. The lowest BCUT2D eigenvalue weighted by Crippen LogP contribution is -2.51. The maximum Gasteiger partial charge on any atom is 0.310 e. The van der Waals surface area contributed by atoms with Crippen LogP contribution >= 0.6 is 11.3 Å². The molecule has 6 rings (SSSR count). The van der Waals surface area contributed by atoms with Crippen LogP contribution in [0.25, 0.3) is 20.7 Å². The number of fused-ring (bicyclic) bond motifs is 1. The van der Waals surface area contributed by atoms with Crippen molar-refractivity contribution in [3.8, 4) is 10.6 Å². The van der Waals surface area contributed by atoms with Gasteiger partial charge in [-0.3, -0.25) is 14.4 Å². The van der Waals surface area contributed by atoms with E-state index in [1.54, 1.807) is 33.3 Å². The zero-order valence-corrected chi connectivity index (χ0v) is 23.8. The molecule has 9 nitrogen and oxygen atoms in total. The number of aromatic nitrogens is 1. The summed E-state index contributed by atoms with van der Waals surface area (Å²) in [5, 5.41) is 1.15. The maximum atomic E-state index is 13.9. The number of anilines is 1. The van der Waals surface area contributed by atoms with Crippen LogP contribution in [0.3, 0.4) is 0 Å². The fraction of sp³-hybridized carbons (Fsp3) is 0.355. The molecule has 0 aliphatic carbocycles. The molecule has 0 bridgehead atoms. The van der Waals surface area contributed by atoms with Crippen LogP contribution in [0.2, 0.25) is 0 Å². The summed E-state index contributed by atoms with van der Waals surface area (Å²) in [6, 6.07) is 17.4. The topological polar surface area (TPSA) is 96.2 Å². The Labute approximate surface area is 242 Å². The number of hydrogen-bond donors (Lipinski definition) is 0. The highest BCUT2D eigenvalue weighted by Gasteiger charge is 2.32. The van der Waals surface area contributed by atoms with E-state index >= 15 is 0 Å². The standard InChI is InChI=1S/C31H32N4O5S/c1-2-39-31(38)22-8-5-13-35(20-22)28-23(11-12-24(32-28)27-19-21-7-3-4-10-26(21)41-27)29(36)33-14-16-34(17-15-33)30(37)25-9-6-18-40-25/h3-4,6-7,9-12,18-19,22H,2,5,8,13-17,20H2,1H3. The minimum absolute atomic E-state index is 0.126. The van der Waals surface area contributed by atoms with Crippen molar-refractivity contribution in [2.45, 2.75) is 19.8 Å². The molecule has 1 aromatic carbocycles. The average molecular weight is 573 g/mol. The molecule has 1 unspecified atom stereocenters. The number of hydrogen-bond acceptors (Lipinski definition) is 8. The van der Waals surface area contributed by atoms with E-state index in [-0.39, 0.29) is 23.7 Å². The van der Waals surface area contributed by atoms with Gasteiger partial charge >= 0.3 is 5.97 Å². The molecule has 0 saturated carbocycles. The monoisotopic (exact) mass is 572 g/mol. The van der Waals surface area contributed by atoms with Gasteiger partial charge in [0.2, 0.25) is 0 Å². The van der Waals surface area contributed by atoms with E-state index in [2.05, 4.69) is 23.1 Å². The molecular formula is C31H32N4O5S. The summed E-state index contributed by atoms with van der Waals surface area (Å²) in [5.41, 5.74) is 1.30. The van der Waals surface area contributed by atoms with Gasteiger partial charge in [-0.1, -0.05) is 18.2 Å². The zero-order chi connectivity index (χ0) is 28.3. The van der Waals surface area contributed by atoms with Crippen molar-refractivity contribution in [2.75, 3.05) is 50.8 Å². The SMILES string of the molecule is CCOC(=O)C1CCCN(c2nc(-c3cc4ccccc4s3)ccc2C(=O)N2CCN(C(=O)c3ccco3)CC2)C1. The van der Waals surface area contributed by atoms with E-state index in [4.69, 9.17) is 14.1 Å². The van der Waals surface area contributed by atoms with E-state index in [0.717, 1.165) is 28.8 Å². The molecule has 2 fully saturated rings. The highest BCUT2D eigenvalue weighted by Crippen LogP contribution is 2.35. The van der Waals surface area contributed by atoms with Crippen molar-refractivity contribution in [2.24, 2.45) is 5.92 Å². The second kappa shape index (κ2) is 11.7. The molecule has 41 heavy (non-hydrogen) atoms. The Morgan fingerprint density at radius 1 is 0.976 bits per heavy atom. The van der Waals surface area contributed by atoms with E-state index in [1.165, 1.54) is 11.0 Å². The van der Waals surface area contributed by atoms with Gasteiger partial charge in [-0.05, 0) is 61.5 Å². The lowest BCUT2D eigenvalue weighted by atomic mass is 9.97. The lowest BCUT2D eigenvalue weighted by molar-refractivity contribution is -0.148. The normalized spacial score (nSPS) is 17.6. The smallest absolute Gasteiger partial charge is 0.310 e. The minimum atomic E-state index is -0.266. The fourth-order valence-corrected chi connectivity index (χ4v) is 6.60. The van der Waals surface area contributed by atoms with E-state index in [9.17, 15) is 14.4 Å². The lowest BCUT2D eigenvalue weighted by Gasteiger charge is -2.36. The van der Waals surface area contributed by atoms with Crippen molar-refractivity contribution in [1.82, 2.24) is 14.8 Å². The Hall–Kier alpha value is -4.18. The van der Waals surface area contributed by atoms with Crippen LogP contribution in [0.4, 0.5) is 5.82 Å². The summed E-state index contributed by atoms with van der Waals surface area (Å²) in [4.78, 5) is 50.9.